The molecule has 1 unspecified atom stereocenters. The standard InChI is InChI=1S/C19H23NO2/c1-2-3-4-5-10-18-14-20(19(21)22-18)17-12-11-15-8-6-7-9-16(15)13-17/h6-9,11-13,18H,2-5,10,14H2,1H3. The molecule has 1 aliphatic heterocycles. The molecule has 0 saturated carbocycles. The van der Waals surface area contributed by atoms with Gasteiger partial charge in [-0.2, -0.15) is 0 Å². The number of unbranched alkanes of at least 4 members (excludes halogenated alkanes) is 3. The van der Waals surface area contributed by atoms with E-state index in [1.807, 2.05) is 18.2 Å². The summed E-state index contributed by atoms with van der Waals surface area (Å²) in [6, 6.07) is 14.3. The number of anilines is 1. The predicted molar refractivity (Wildman–Crippen MR) is 90.3 cm³/mol. The van der Waals surface area contributed by atoms with Crippen molar-refractivity contribution in [2.45, 2.75) is 45.1 Å². The number of cyclic esters (lactones) is 1. The van der Waals surface area contributed by atoms with Crippen molar-refractivity contribution in [3.05, 3.63) is 42.5 Å². The summed E-state index contributed by atoms with van der Waals surface area (Å²) in [6.45, 7) is 2.88. The van der Waals surface area contributed by atoms with Gasteiger partial charge in [0.2, 0.25) is 0 Å². The average Bonchev–Trinajstić information content (AvgIpc) is 2.92. The summed E-state index contributed by atoms with van der Waals surface area (Å²) in [4.78, 5) is 13.9. The fraction of sp³-hybridized carbons (Fsp3) is 0.421. The summed E-state index contributed by atoms with van der Waals surface area (Å²) in [5.41, 5.74) is 0.930. The van der Waals surface area contributed by atoms with Crippen LogP contribution >= 0.6 is 0 Å². The molecule has 22 heavy (non-hydrogen) atoms. The summed E-state index contributed by atoms with van der Waals surface area (Å²) in [5.74, 6) is 0. The van der Waals surface area contributed by atoms with E-state index >= 15 is 0 Å². The Balaban J connectivity index is 1.67. The van der Waals surface area contributed by atoms with Crippen LogP contribution in [0.1, 0.15) is 39.0 Å². The van der Waals surface area contributed by atoms with Crippen molar-refractivity contribution < 1.29 is 9.53 Å². The lowest BCUT2D eigenvalue weighted by Gasteiger charge is -2.13. The van der Waals surface area contributed by atoms with Crippen molar-refractivity contribution in [2.24, 2.45) is 0 Å². The third kappa shape index (κ3) is 3.24. The number of hydrogen-bond donors (Lipinski definition) is 0. The molecule has 3 rings (SSSR count). The molecule has 1 fully saturated rings. The van der Waals surface area contributed by atoms with Crippen LogP contribution in [-0.4, -0.2) is 18.7 Å². The van der Waals surface area contributed by atoms with E-state index in [-0.39, 0.29) is 12.2 Å². The molecule has 2 aromatic carbocycles. The molecule has 1 heterocycles. The lowest BCUT2D eigenvalue weighted by atomic mass is 10.1. The van der Waals surface area contributed by atoms with E-state index in [0.717, 1.165) is 23.9 Å². The zero-order valence-corrected chi connectivity index (χ0v) is 13.1. The molecule has 1 saturated heterocycles. The number of carbonyl (C=O) groups is 1. The van der Waals surface area contributed by atoms with E-state index < -0.39 is 0 Å². The van der Waals surface area contributed by atoms with E-state index in [4.69, 9.17) is 4.74 Å². The van der Waals surface area contributed by atoms with Gasteiger partial charge in [-0.1, -0.05) is 56.5 Å². The highest BCUT2D eigenvalue weighted by molar-refractivity contribution is 5.94. The topological polar surface area (TPSA) is 29.5 Å². The summed E-state index contributed by atoms with van der Waals surface area (Å²) in [7, 11) is 0. The first-order valence-corrected chi connectivity index (χ1v) is 8.25. The van der Waals surface area contributed by atoms with E-state index in [1.54, 1.807) is 4.90 Å². The van der Waals surface area contributed by atoms with Gasteiger partial charge in [0.1, 0.15) is 6.10 Å². The normalized spacial score (nSPS) is 18.0. The van der Waals surface area contributed by atoms with Crippen molar-refractivity contribution >= 4 is 22.6 Å². The number of benzene rings is 2. The summed E-state index contributed by atoms with van der Waals surface area (Å²) < 4.78 is 5.51. The minimum Gasteiger partial charge on any atom is -0.444 e. The highest BCUT2D eigenvalue weighted by atomic mass is 16.6. The highest BCUT2D eigenvalue weighted by Crippen LogP contribution is 2.27. The molecule has 0 spiro atoms. The smallest absolute Gasteiger partial charge is 0.414 e. The number of rotatable bonds is 6. The minimum atomic E-state index is -0.212. The first-order valence-electron chi connectivity index (χ1n) is 8.25. The monoisotopic (exact) mass is 297 g/mol. The van der Waals surface area contributed by atoms with Gasteiger partial charge in [-0.25, -0.2) is 4.79 Å². The quantitative estimate of drug-likeness (QED) is 0.691. The fourth-order valence-electron chi connectivity index (χ4n) is 3.03. The van der Waals surface area contributed by atoms with Crippen LogP contribution in [-0.2, 0) is 4.74 Å². The number of nitrogens with zero attached hydrogens (tertiary/aromatic N) is 1. The van der Waals surface area contributed by atoms with Crippen molar-refractivity contribution in [1.29, 1.82) is 0 Å². The van der Waals surface area contributed by atoms with E-state index in [1.165, 1.54) is 24.6 Å². The molecule has 1 amide bonds. The summed E-state index contributed by atoms with van der Waals surface area (Å²) >= 11 is 0. The number of carbonyl (C=O) groups excluding carboxylic acids is 1. The molecular formula is C19H23NO2. The van der Waals surface area contributed by atoms with Gasteiger partial charge in [-0.15, -0.1) is 0 Å². The lowest BCUT2D eigenvalue weighted by Crippen LogP contribution is -2.24. The van der Waals surface area contributed by atoms with Gasteiger partial charge in [0.25, 0.3) is 0 Å². The number of ether oxygens (including phenoxy) is 1. The minimum absolute atomic E-state index is 0.0378. The predicted octanol–water partition coefficient (Wildman–Crippen LogP) is 5.14. The summed E-state index contributed by atoms with van der Waals surface area (Å²) in [6.07, 6.45) is 5.64. The Morgan fingerprint density at radius 2 is 1.91 bits per heavy atom. The third-order valence-electron chi connectivity index (χ3n) is 4.30. The molecule has 0 N–H and O–H groups in total. The Bertz CT molecular complexity index is 653. The van der Waals surface area contributed by atoms with Gasteiger partial charge in [0.15, 0.2) is 0 Å². The van der Waals surface area contributed by atoms with Crippen LogP contribution < -0.4 is 4.90 Å². The Hall–Kier alpha value is -2.03. The molecule has 0 radical (unpaired) electrons. The largest absolute Gasteiger partial charge is 0.444 e. The first kappa shape index (κ1) is 14.9. The maximum Gasteiger partial charge on any atom is 0.414 e. The van der Waals surface area contributed by atoms with Crippen molar-refractivity contribution in [1.82, 2.24) is 0 Å². The zero-order chi connectivity index (χ0) is 15.4. The lowest BCUT2D eigenvalue weighted by molar-refractivity contribution is 0.135. The molecule has 2 aromatic rings. The number of fused-ring (bicyclic) bond motifs is 1. The maximum atomic E-state index is 12.1. The number of hydrogen-bond acceptors (Lipinski definition) is 2. The second kappa shape index (κ2) is 6.82. The molecule has 1 atom stereocenters. The first-order chi connectivity index (χ1) is 10.8. The van der Waals surface area contributed by atoms with Crippen molar-refractivity contribution in [3.63, 3.8) is 0 Å². The van der Waals surface area contributed by atoms with Crippen LogP contribution in [0.25, 0.3) is 10.8 Å². The van der Waals surface area contributed by atoms with Gasteiger partial charge >= 0.3 is 6.09 Å². The van der Waals surface area contributed by atoms with E-state index in [0.29, 0.717) is 6.54 Å². The molecular weight excluding hydrogens is 274 g/mol. The average molecular weight is 297 g/mol. The van der Waals surface area contributed by atoms with Gasteiger partial charge in [0.05, 0.1) is 6.54 Å². The van der Waals surface area contributed by atoms with E-state index in [9.17, 15) is 4.79 Å². The van der Waals surface area contributed by atoms with Gasteiger partial charge in [-0.3, -0.25) is 4.90 Å². The Morgan fingerprint density at radius 1 is 1.09 bits per heavy atom. The third-order valence-corrected chi connectivity index (χ3v) is 4.30. The maximum absolute atomic E-state index is 12.1. The molecule has 0 bridgehead atoms. The van der Waals surface area contributed by atoms with Crippen LogP contribution in [0.5, 0.6) is 0 Å². The highest BCUT2D eigenvalue weighted by Gasteiger charge is 2.31. The summed E-state index contributed by atoms with van der Waals surface area (Å²) in [5, 5.41) is 2.34. The van der Waals surface area contributed by atoms with Crippen LogP contribution in [0, 0.1) is 0 Å². The van der Waals surface area contributed by atoms with Crippen molar-refractivity contribution in [3.8, 4) is 0 Å². The molecule has 3 heteroatoms. The van der Waals surface area contributed by atoms with Crippen LogP contribution in [0.4, 0.5) is 10.5 Å². The van der Waals surface area contributed by atoms with Crippen LogP contribution in [0.15, 0.2) is 42.5 Å². The second-order valence-electron chi connectivity index (χ2n) is 6.00. The SMILES string of the molecule is CCCCCCC1CN(c2ccc3ccccc3c2)C(=O)O1. The Morgan fingerprint density at radius 3 is 2.73 bits per heavy atom. The molecule has 0 aliphatic carbocycles. The second-order valence-corrected chi connectivity index (χ2v) is 6.00. The zero-order valence-electron chi connectivity index (χ0n) is 13.1. The molecule has 116 valence electrons. The van der Waals surface area contributed by atoms with Gasteiger partial charge in [-0.05, 0) is 35.7 Å². The Kier molecular flexibility index (Phi) is 4.62. The van der Waals surface area contributed by atoms with Crippen LogP contribution in [0.2, 0.25) is 0 Å². The Labute approximate surface area is 131 Å². The molecule has 3 nitrogen and oxygen atoms in total. The van der Waals surface area contributed by atoms with Gasteiger partial charge in [0, 0.05) is 5.69 Å². The fourth-order valence-corrected chi connectivity index (χ4v) is 3.03. The van der Waals surface area contributed by atoms with Crippen molar-refractivity contribution in [2.75, 3.05) is 11.4 Å². The van der Waals surface area contributed by atoms with Crippen LogP contribution in [0.3, 0.4) is 0 Å². The van der Waals surface area contributed by atoms with Gasteiger partial charge < -0.3 is 4.74 Å². The van der Waals surface area contributed by atoms with E-state index in [2.05, 4.69) is 31.2 Å². The molecule has 1 aliphatic rings. The number of amides is 1. The molecule has 0 aromatic heterocycles.